The Kier molecular flexibility index (Phi) is 14.2. The van der Waals surface area contributed by atoms with Gasteiger partial charge in [0.1, 0.15) is 17.6 Å². The normalized spacial score (nSPS) is 10.9. The fourth-order valence-corrected chi connectivity index (χ4v) is 5.27. The number of carbonyl (C=O) groups excluding carboxylic acids is 3. The van der Waals surface area contributed by atoms with Crippen LogP contribution in [0.3, 0.4) is 0 Å². The summed E-state index contributed by atoms with van der Waals surface area (Å²) in [6.07, 6.45) is -10.3. The highest BCUT2D eigenvalue weighted by atomic mass is 79.9. The van der Waals surface area contributed by atoms with Crippen LogP contribution in [0, 0.1) is 11.3 Å². The standard InChI is InChI=1S/C18H15BrF3NO4.C18H13F3N2O4/c1-26-12-5-3-10(14(9-12)18(20,21)22)7-16(24)23-11-4-6-13(15(19)8-11)17(25)27-2;1-27-13-4-2-10(15(8-13)18(19,20)21)7-16(24)23-12-3-5-14(17(25)26)11(6-12)9-22/h3-6,8-9H,7H2,1-2H3,(H,23,24);2-6,8H,7H2,1H3,(H,23,24)(H,25,26). The molecule has 0 unspecified atom stereocenters. The summed E-state index contributed by atoms with van der Waals surface area (Å²) in [4.78, 5) is 46.8. The van der Waals surface area contributed by atoms with E-state index in [9.17, 15) is 45.5 Å². The molecule has 0 fully saturated rings. The second-order valence-electron chi connectivity index (χ2n) is 10.9. The Morgan fingerprint density at radius 3 is 1.52 bits per heavy atom. The topological polar surface area (TPSA) is 164 Å². The molecule has 0 radical (unpaired) electrons. The number of nitriles is 1. The maximum atomic E-state index is 13.2. The van der Waals surface area contributed by atoms with Crippen molar-refractivity contribution in [1.29, 1.82) is 5.26 Å². The van der Waals surface area contributed by atoms with Crippen molar-refractivity contribution in [2.75, 3.05) is 32.0 Å². The van der Waals surface area contributed by atoms with Gasteiger partial charge in [0.15, 0.2) is 0 Å². The molecule has 4 rings (SSSR count). The summed E-state index contributed by atoms with van der Waals surface area (Å²) in [7, 11) is 3.73. The summed E-state index contributed by atoms with van der Waals surface area (Å²) >= 11 is 3.18. The molecule has 0 aromatic heterocycles. The third-order valence-electron chi connectivity index (χ3n) is 7.26. The first-order chi connectivity index (χ1) is 25.3. The highest BCUT2D eigenvalue weighted by Crippen LogP contribution is 2.36. The van der Waals surface area contributed by atoms with Crippen LogP contribution < -0.4 is 20.1 Å². The van der Waals surface area contributed by atoms with E-state index in [1.165, 1.54) is 63.8 Å². The SMILES string of the molecule is COC(=O)c1ccc(NC(=O)Cc2ccc(OC)cc2C(F)(F)F)cc1Br.COc1ccc(CC(=O)Nc2ccc(C(=O)O)c(C#N)c2)c(C(F)(F)F)c1. The number of halogens is 7. The van der Waals surface area contributed by atoms with Gasteiger partial charge in [-0.25, -0.2) is 9.59 Å². The van der Waals surface area contributed by atoms with E-state index in [0.717, 1.165) is 30.3 Å². The lowest BCUT2D eigenvalue weighted by Gasteiger charge is -2.14. The van der Waals surface area contributed by atoms with Gasteiger partial charge in [-0.2, -0.15) is 31.6 Å². The van der Waals surface area contributed by atoms with E-state index in [2.05, 4.69) is 31.3 Å². The Bertz CT molecular complexity index is 2100. The Labute approximate surface area is 311 Å². The van der Waals surface area contributed by atoms with Crippen molar-refractivity contribution in [3.05, 3.63) is 116 Å². The number of benzene rings is 4. The molecule has 0 bridgehead atoms. The number of nitrogens with one attached hydrogen (secondary N) is 2. The maximum absolute atomic E-state index is 13.2. The van der Waals surface area contributed by atoms with Crippen molar-refractivity contribution in [1.82, 2.24) is 0 Å². The Hall–Kier alpha value is -6.09. The van der Waals surface area contributed by atoms with Crippen molar-refractivity contribution in [3.8, 4) is 17.6 Å². The molecule has 0 atom stereocenters. The summed E-state index contributed by atoms with van der Waals surface area (Å²) in [6.45, 7) is 0. The Morgan fingerprint density at radius 1 is 0.704 bits per heavy atom. The number of aromatic carboxylic acids is 1. The summed E-state index contributed by atoms with van der Waals surface area (Å²) in [6, 6.07) is 16.2. The average Bonchev–Trinajstić information content (AvgIpc) is 3.10. The van der Waals surface area contributed by atoms with Crippen molar-refractivity contribution < 1.29 is 64.8 Å². The second kappa shape index (κ2) is 18.1. The van der Waals surface area contributed by atoms with Crippen molar-refractivity contribution in [3.63, 3.8) is 0 Å². The van der Waals surface area contributed by atoms with Gasteiger partial charge >= 0.3 is 24.3 Å². The van der Waals surface area contributed by atoms with Crippen molar-refractivity contribution in [2.45, 2.75) is 25.2 Å². The Balaban J connectivity index is 0.000000290. The number of amides is 2. The molecule has 284 valence electrons. The van der Waals surface area contributed by atoms with Gasteiger partial charge in [0.05, 0.1) is 62.0 Å². The maximum Gasteiger partial charge on any atom is 0.416 e. The van der Waals surface area contributed by atoms with Gasteiger partial charge in [-0.1, -0.05) is 12.1 Å². The number of esters is 1. The smallest absolute Gasteiger partial charge is 0.416 e. The number of hydrogen-bond acceptors (Lipinski definition) is 8. The number of rotatable bonds is 10. The molecule has 4 aromatic rings. The fourth-order valence-electron chi connectivity index (χ4n) is 4.73. The lowest BCUT2D eigenvalue weighted by Crippen LogP contribution is -2.18. The predicted octanol–water partition coefficient (Wildman–Crippen LogP) is 7.91. The zero-order valence-electron chi connectivity index (χ0n) is 28.2. The van der Waals surface area contributed by atoms with Gasteiger partial charge in [0, 0.05) is 15.8 Å². The van der Waals surface area contributed by atoms with Gasteiger partial charge in [-0.15, -0.1) is 0 Å². The highest BCUT2D eigenvalue weighted by molar-refractivity contribution is 9.10. The van der Waals surface area contributed by atoms with Crippen LogP contribution in [0.5, 0.6) is 11.5 Å². The lowest BCUT2D eigenvalue weighted by molar-refractivity contribution is -0.139. The molecule has 18 heteroatoms. The summed E-state index contributed by atoms with van der Waals surface area (Å²) < 4.78 is 93.8. The van der Waals surface area contributed by atoms with Crippen LogP contribution in [0.25, 0.3) is 0 Å². The number of nitrogens with zero attached hydrogens (tertiary/aromatic N) is 1. The number of hydrogen-bond donors (Lipinski definition) is 3. The zero-order valence-corrected chi connectivity index (χ0v) is 29.8. The summed E-state index contributed by atoms with van der Waals surface area (Å²) in [5.74, 6) is -3.20. The lowest BCUT2D eigenvalue weighted by atomic mass is 10.0. The van der Waals surface area contributed by atoms with Crippen LogP contribution >= 0.6 is 15.9 Å². The third-order valence-corrected chi connectivity index (χ3v) is 7.92. The number of carboxylic acids is 1. The van der Waals surface area contributed by atoms with Crippen molar-refractivity contribution in [2.24, 2.45) is 0 Å². The molecule has 0 spiro atoms. The number of carbonyl (C=O) groups is 4. The van der Waals surface area contributed by atoms with Crippen LogP contribution in [-0.2, 0) is 39.5 Å². The first-order valence-electron chi connectivity index (χ1n) is 15.0. The molecular formula is C36H28BrF6N3O8. The first kappa shape index (κ1) is 42.3. The van der Waals surface area contributed by atoms with Crippen LogP contribution in [0.2, 0.25) is 0 Å². The number of carboxylic acid groups (broad SMARTS) is 1. The molecule has 2 amide bonds. The van der Waals surface area contributed by atoms with Crippen LogP contribution in [0.4, 0.5) is 37.7 Å². The number of methoxy groups -OCH3 is 3. The van der Waals surface area contributed by atoms with E-state index in [-0.39, 0.29) is 45.0 Å². The molecule has 4 aromatic carbocycles. The van der Waals surface area contributed by atoms with E-state index in [0.29, 0.717) is 10.2 Å². The molecular weight excluding hydrogens is 796 g/mol. The van der Waals surface area contributed by atoms with Crippen LogP contribution in [-0.4, -0.2) is 50.2 Å². The van der Waals surface area contributed by atoms with E-state index >= 15 is 0 Å². The molecule has 3 N–H and O–H groups in total. The molecule has 11 nitrogen and oxygen atoms in total. The quantitative estimate of drug-likeness (QED) is 0.107. The first-order valence-corrected chi connectivity index (χ1v) is 15.8. The minimum atomic E-state index is -4.67. The van der Waals surface area contributed by atoms with Crippen LogP contribution in [0.15, 0.2) is 77.3 Å². The molecule has 0 aliphatic carbocycles. The van der Waals surface area contributed by atoms with E-state index in [1.54, 1.807) is 6.07 Å². The molecule has 0 saturated heterocycles. The number of alkyl halides is 6. The van der Waals surface area contributed by atoms with E-state index in [4.69, 9.17) is 19.8 Å². The van der Waals surface area contributed by atoms with E-state index < -0.39 is 60.1 Å². The molecule has 0 saturated carbocycles. The Morgan fingerprint density at radius 2 is 1.15 bits per heavy atom. The van der Waals surface area contributed by atoms with Gasteiger partial charge in [-0.3, -0.25) is 9.59 Å². The zero-order chi connectivity index (χ0) is 40.4. The number of ether oxygens (including phenoxy) is 3. The third kappa shape index (κ3) is 11.5. The molecule has 0 heterocycles. The highest BCUT2D eigenvalue weighted by Gasteiger charge is 2.35. The van der Waals surface area contributed by atoms with Crippen molar-refractivity contribution >= 4 is 51.1 Å². The monoisotopic (exact) mass is 823 g/mol. The predicted molar refractivity (Wildman–Crippen MR) is 184 cm³/mol. The van der Waals surface area contributed by atoms with Gasteiger partial charge < -0.3 is 30.0 Å². The summed E-state index contributed by atoms with van der Waals surface area (Å²) in [5.41, 5.74) is -2.09. The summed E-state index contributed by atoms with van der Waals surface area (Å²) in [5, 5.41) is 22.8. The van der Waals surface area contributed by atoms with Crippen LogP contribution in [0.1, 0.15) is 48.5 Å². The second-order valence-corrected chi connectivity index (χ2v) is 11.7. The minimum absolute atomic E-state index is 0.00871. The fraction of sp³-hybridized carbons (Fsp3) is 0.194. The van der Waals surface area contributed by atoms with E-state index in [1.807, 2.05) is 0 Å². The van der Waals surface area contributed by atoms with Gasteiger partial charge in [0.2, 0.25) is 11.8 Å². The van der Waals surface area contributed by atoms with Gasteiger partial charge in [-0.05, 0) is 87.7 Å². The average molecular weight is 825 g/mol. The molecule has 0 aliphatic heterocycles. The largest absolute Gasteiger partial charge is 0.497 e. The van der Waals surface area contributed by atoms with Gasteiger partial charge in [0.25, 0.3) is 0 Å². The molecule has 54 heavy (non-hydrogen) atoms. The molecule has 0 aliphatic rings. The minimum Gasteiger partial charge on any atom is -0.497 e. The number of anilines is 2.